The summed E-state index contributed by atoms with van der Waals surface area (Å²) < 4.78 is 59.1. The van der Waals surface area contributed by atoms with E-state index in [-0.39, 0.29) is 35.2 Å². The van der Waals surface area contributed by atoms with Gasteiger partial charge in [0.15, 0.2) is 25.2 Å². The van der Waals surface area contributed by atoms with Crippen molar-refractivity contribution in [3.05, 3.63) is 11.6 Å². The van der Waals surface area contributed by atoms with Crippen LogP contribution in [0, 0.1) is 44.8 Å². The number of hydrogen-bond donors (Lipinski definition) is 15. The second-order valence-corrected chi connectivity index (χ2v) is 28.0. The molecule has 26 nitrogen and oxygen atoms in total. The Morgan fingerprint density at radius 3 is 1.77 bits per heavy atom. The molecule has 0 radical (unpaired) electrons. The van der Waals surface area contributed by atoms with Crippen LogP contribution >= 0.6 is 0 Å². The molecule has 0 aromatic heterocycles. The van der Waals surface area contributed by atoms with Crippen molar-refractivity contribution in [2.24, 2.45) is 44.8 Å². The molecule has 9 fully saturated rings. The molecule has 0 spiro atoms. The molecule has 0 unspecified atom stereocenters. The van der Waals surface area contributed by atoms with E-state index in [1.165, 1.54) is 13.8 Å². The van der Waals surface area contributed by atoms with E-state index in [2.05, 4.69) is 40.7 Å². The SMILES string of the molecule is C[C@@H]1O[C@@H](O[C@H]2[C@H](O[C@H]3CC[C@]4(C)[C@H]5CC=C6[C@@H]7CC(C)(C)CC[C@]7(C(=O)O[C@@H]7O[C@H](CO[C@@H]8O[C@H](CO)[C@@H](O[C@@H]9O[C@@H](C)[C@H](O)[C@@H](O)[C@H]9O)[C@H](O)[C@H]8O)[C@@H](O)[C@H](O)[C@H]7O)CC[C@@]6(C)[C@]5(C)CC[C@H]4[C@]3(C)O)OC[C@H](O)[C@@H]2O)[C@H](O)[C@H](O)[C@H]1O. The van der Waals surface area contributed by atoms with Crippen molar-refractivity contribution in [3.8, 4) is 0 Å². The molecule has 5 heterocycles. The number of carbonyl (C=O) groups is 1. The van der Waals surface area contributed by atoms with Crippen LogP contribution in [-0.4, -0.2) is 262 Å². The van der Waals surface area contributed by atoms with E-state index < -0.39 is 195 Å². The fourth-order valence-electron chi connectivity index (χ4n) is 17.1. The minimum absolute atomic E-state index is 0.0686. The third kappa shape index (κ3) is 10.9. The molecule has 482 valence electrons. The lowest BCUT2D eigenvalue weighted by atomic mass is 9.34. The fourth-order valence-corrected chi connectivity index (χ4v) is 17.1. The van der Waals surface area contributed by atoms with Crippen LogP contribution < -0.4 is 0 Å². The summed E-state index contributed by atoms with van der Waals surface area (Å²) in [7, 11) is 0. The van der Waals surface area contributed by atoms with Crippen LogP contribution in [0.2, 0.25) is 0 Å². The predicted octanol–water partition coefficient (Wildman–Crippen LogP) is -2.79. The summed E-state index contributed by atoms with van der Waals surface area (Å²) in [5.41, 5.74) is -2.70. The highest BCUT2D eigenvalue weighted by molar-refractivity contribution is 5.79. The molecule has 26 heteroatoms. The van der Waals surface area contributed by atoms with Crippen molar-refractivity contribution in [1.82, 2.24) is 0 Å². The standard InChI is InChI=1S/C58H94O26/c1-23-33(61)37(65)41(69)48(77-23)82-45-28(20-59)79-47(44(72)40(45)68)76-22-29-36(64)39(67)43(71)50(80-29)84-52(73)58-17-15-53(3,4)19-26(58)25-9-10-30-54(5)13-12-32(57(8,74)31(54)11-14-56(30,7)55(25,6)16-18-58)81-51-46(35(63)27(60)21-75-51)83-49-42(70)38(66)34(62)24(2)78-49/h9,23-24,26-51,59-72,74H,10-22H2,1-8H3/t23-,24-,26-,27-,28+,29+,30+,31+,32-,33-,34-,35-,36+,37+,38+,39-,40+,41+,42+,43+,44+,45+,46+,47+,48-,49-,50-,51-,54+,55+,56+,57-,58-/m0/s1. The zero-order valence-electron chi connectivity index (χ0n) is 49.1. The van der Waals surface area contributed by atoms with Crippen LogP contribution in [-0.2, 0) is 52.2 Å². The highest BCUT2D eigenvalue weighted by Gasteiger charge is 2.71. The molecule has 33 atom stereocenters. The van der Waals surface area contributed by atoms with E-state index in [4.69, 9.17) is 47.4 Å². The van der Waals surface area contributed by atoms with Gasteiger partial charge < -0.3 is 124 Å². The Morgan fingerprint density at radius 1 is 0.571 bits per heavy atom. The number of allylic oxidation sites excluding steroid dienone is 2. The van der Waals surface area contributed by atoms with Gasteiger partial charge in [0, 0.05) is 0 Å². The molecule has 84 heavy (non-hydrogen) atoms. The maximum absolute atomic E-state index is 15.2. The molecule has 0 amide bonds. The van der Waals surface area contributed by atoms with Gasteiger partial charge in [-0.15, -0.1) is 0 Å². The Balaban J connectivity index is 0.824. The molecule has 4 saturated carbocycles. The number of ether oxygens (including phenoxy) is 10. The van der Waals surface area contributed by atoms with Crippen LogP contribution in [0.15, 0.2) is 11.6 Å². The van der Waals surface area contributed by atoms with E-state index in [1.54, 1.807) is 6.92 Å². The average Bonchev–Trinajstić information content (AvgIpc) is 0.705. The number of hydrogen-bond acceptors (Lipinski definition) is 26. The molecule has 0 aromatic carbocycles. The van der Waals surface area contributed by atoms with Gasteiger partial charge in [0.1, 0.15) is 104 Å². The monoisotopic (exact) mass is 1210 g/mol. The zero-order chi connectivity index (χ0) is 61.3. The first-order valence-electron chi connectivity index (χ1n) is 30.2. The normalized spacial score (nSPS) is 55.8. The van der Waals surface area contributed by atoms with Crippen molar-refractivity contribution >= 4 is 5.97 Å². The van der Waals surface area contributed by atoms with Gasteiger partial charge in [-0.25, -0.2) is 0 Å². The van der Waals surface area contributed by atoms with Crippen molar-refractivity contribution in [2.75, 3.05) is 19.8 Å². The number of aliphatic hydroxyl groups excluding tert-OH is 14. The van der Waals surface area contributed by atoms with Crippen molar-refractivity contribution in [1.29, 1.82) is 0 Å². The van der Waals surface area contributed by atoms with E-state index in [9.17, 15) is 76.6 Å². The van der Waals surface area contributed by atoms with Crippen molar-refractivity contribution in [2.45, 2.75) is 279 Å². The minimum Gasteiger partial charge on any atom is -0.432 e. The predicted molar refractivity (Wildman–Crippen MR) is 283 cm³/mol. The molecule has 5 aliphatic heterocycles. The third-order valence-electron chi connectivity index (χ3n) is 22.7. The van der Waals surface area contributed by atoms with Gasteiger partial charge in [0.25, 0.3) is 0 Å². The third-order valence-corrected chi connectivity index (χ3v) is 22.7. The lowest BCUT2D eigenvalue weighted by molar-refractivity contribution is -0.367. The number of fused-ring (bicyclic) bond motifs is 7. The molecular weight excluding hydrogens is 1110 g/mol. The maximum Gasteiger partial charge on any atom is 0.315 e. The Hall–Kier alpha value is -1.75. The smallest absolute Gasteiger partial charge is 0.315 e. The lowest BCUT2D eigenvalue weighted by Gasteiger charge is -2.71. The Labute approximate surface area is 488 Å². The van der Waals surface area contributed by atoms with E-state index in [1.807, 2.05) is 0 Å². The van der Waals surface area contributed by atoms with E-state index >= 15 is 4.79 Å². The van der Waals surface area contributed by atoms with Gasteiger partial charge in [0.2, 0.25) is 6.29 Å². The van der Waals surface area contributed by atoms with E-state index in [0.29, 0.717) is 57.8 Å². The zero-order valence-corrected chi connectivity index (χ0v) is 49.1. The first-order valence-corrected chi connectivity index (χ1v) is 30.2. The van der Waals surface area contributed by atoms with Gasteiger partial charge in [0.05, 0.1) is 49.1 Å². The van der Waals surface area contributed by atoms with Crippen LogP contribution in [0.1, 0.15) is 120 Å². The Kier molecular flexibility index (Phi) is 18.5. The van der Waals surface area contributed by atoms with Gasteiger partial charge in [-0.1, -0.05) is 46.3 Å². The Morgan fingerprint density at radius 2 is 1.14 bits per heavy atom. The highest BCUT2D eigenvalue weighted by atomic mass is 16.8. The molecule has 5 saturated heterocycles. The topological polar surface area (TPSA) is 413 Å². The minimum atomic E-state index is -1.90. The molecule has 10 aliphatic rings. The molecule has 0 bridgehead atoms. The number of rotatable bonds is 12. The summed E-state index contributed by atoms with van der Waals surface area (Å²) in [6, 6.07) is 0. The number of esters is 1. The largest absolute Gasteiger partial charge is 0.432 e. The molecular formula is C58H94O26. The molecule has 0 aromatic rings. The molecule has 15 N–H and O–H groups in total. The Bertz CT molecular complexity index is 2350. The van der Waals surface area contributed by atoms with Gasteiger partial charge in [-0.3, -0.25) is 4.79 Å². The van der Waals surface area contributed by atoms with Crippen molar-refractivity contribution in [3.63, 3.8) is 0 Å². The first kappa shape index (κ1) is 65.2. The summed E-state index contributed by atoms with van der Waals surface area (Å²) >= 11 is 0. The van der Waals surface area contributed by atoms with Gasteiger partial charge >= 0.3 is 5.97 Å². The first-order chi connectivity index (χ1) is 39.3. The van der Waals surface area contributed by atoms with Crippen LogP contribution in [0.5, 0.6) is 0 Å². The quantitative estimate of drug-likeness (QED) is 0.0533. The summed E-state index contributed by atoms with van der Waals surface area (Å²) in [6.45, 7) is 14.2. The molecule has 10 rings (SSSR count). The lowest BCUT2D eigenvalue weighted by Crippen LogP contribution is -2.68. The summed E-state index contributed by atoms with van der Waals surface area (Å²) in [5.74, 6) is -1.14. The van der Waals surface area contributed by atoms with Gasteiger partial charge in [-0.2, -0.15) is 0 Å². The second kappa shape index (κ2) is 23.8. The summed E-state index contributed by atoms with van der Waals surface area (Å²) in [4.78, 5) is 15.2. The fraction of sp³-hybridized carbons (Fsp3) is 0.948. The van der Waals surface area contributed by atoms with E-state index in [0.717, 1.165) is 12.0 Å². The second-order valence-electron chi connectivity index (χ2n) is 28.0. The maximum atomic E-state index is 15.2. The molecule has 5 aliphatic carbocycles. The summed E-state index contributed by atoms with van der Waals surface area (Å²) in [5, 5.41) is 163. The average molecular weight is 1210 g/mol. The number of aliphatic hydroxyl groups is 15. The summed E-state index contributed by atoms with van der Waals surface area (Å²) in [6.07, 6.45) is -30.4. The van der Waals surface area contributed by atoms with Crippen LogP contribution in [0.25, 0.3) is 0 Å². The van der Waals surface area contributed by atoms with Gasteiger partial charge in [-0.05, 0) is 124 Å². The highest BCUT2D eigenvalue weighted by Crippen LogP contribution is 2.75. The number of carbonyl (C=O) groups excluding carboxylic acids is 1. The van der Waals surface area contributed by atoms with Crippen LogP contribution in [0.4, 0.5) is 0 Å². The van der Waals surface area contributed by atoms with Crippen molar-refractivity contribution < 1.29 is 129 Å². The van der Waals surface area contributed by atoms with Crippen LogP contribution in [0.3, 0.4) is 0 Å².